The van der Waals surface area contributed by atoms with E-state index in [1.54, 1.807) is 12.1 Å². The number of ether oxygens (including phenoxy) is 1. The molecule has 1 fully saturated rings. The largest absolute Gasteiger partial charge is 0.378 e. The molecule has 6 nitrogen and oxygen atoms in total. The second-order valence-electron chi connectivity index (χ2n) is 5.90. The normalized spacial score (nSPS) is 15.0. The molecule has 0 spiro atoms. The van der Waals surface area contributed by atoms with Crippen LogP contribution >= 0.6 is 0 Å². The van der Waals surface area contributed by atoms with Crippen molar-refractivity contribution >= 4 is 27.1 Å². The van der Waals surface area contributed by atoms with E-state index in [0.29, 0.717) is 32.0 Å². The highest BCUT2D eigenvalue weighted by atomic mass is 32.2. The highest BCUT2D eigenvalue weighted by Crippen LogP contribution is 2.27. The van der Waals surface area contributed by atoms with Gasteiger partial charge in [0.05, 0.1) is 29.5 Å². The van der Waals surface area contributed by atoms with Crippen LogP contribution < -0.4 is 10.2 Å². The number of halogens is 2. The monoisotopic (exact) mass is 396 g/mol. The quantitative estimate of drug-likeness (QED) is 0.841. The molecule has 0 bridgehead atoms. The number of carbonyl (C=O) groups excluding carboxylic acids is 1. The number of carbonyl (C=O) groups is 1. The van der Waals surface area contributed by atoms with Gasteiger partial charge in [0.2, 0.25) is 9.84 Å². The molecule has 27 heavy (non-hydrogen) atoms. The number of para-hydroxylation sites is 2. The maximum absolute atomic E-state index is 12.6. The smallest absolute Gasteiger partial charge is 0.341 e. The van der Waals surface area contributed by atoms with Crippen LogP contribution in [-0.2, 0) is 14.6 Å². The third-order valence-electron chi connectivity index (χ3n) is 4.18. The van der Waals surface area contributed by atoms with Crippen LogP contribution in [-0.4, -0.2) is 46.4 Å². The second-order valence-corrected chi connectivity index (χ2v) is 7.82. The molecule has 1 aliphatic heterocycles. The predicted molar refractivity (Wildman–Crippen MR) is 97.1 cm³/mol. The molecule has 1 amide bonds. The van der Waals surface area contributed by atoms with Crippen LogP contribution in [0.2, 0.25) is 0 Å². The van der Waals surface area contributed by atoms with Gasteiger partial charge in [-0.3, -0.25) is 4.79 Å². The van der Waals surface area contributed by atoms with Gasteiger partial charge in [-0.05, 0) is 36.4 Å². The van der Waals surface area contributed by atoms with Crippen LogP contribution in [0.4, 0.5) is 20.2 Å². The van der Waals surface area contributed by atoms with Crippen LogP contribution in [0.3, 0.4) is 0 Å². The zero-order valence-electron chi connectivity index (χ0n) is 14.3. The fourth-order valence-corrected chi connectivity index (χ4v) is 3.47. The number of amides is 1. The zero-order chi connectivity index (χ0) is 19.4. The SMILES string of the molecule is O=C(Nc1ccccc1N1CCOCC1)c1ccc(S(=O)(=O)C(F)F)cc1. The standard InChI is InChI=1S/C18H18F2N2O4S/c19-18(20)27(24,25)14-7-5-13(6-8-14)17(23)21-15-3-1-2-4-16(15)22-9-11-26-12-10-22/h1-8,18H,9-12H2,(H,21,23). The first-order valence-corrected chi connectivity index (χ1v) is 9.79. The summed E-state index contributed by atoms with van der Waals surface area (Å²) in [4.78, 5) is 14.1. The van der Waals surface area contributed by atoms with Gasteiger partial charge in [0.25, 0.3) is 5.91 Å². The van der Waals surface area contributed by atoms with Gasteiger partial charge < -0.3 is 15.0 Å². The summed E-state index contributed by atoms with van der Waals surface area (Å²) < 4.78 is 53.4. The van der Waals surface area contributed by atoms with Crippen molar-refractivity contribution in [1.82, 2.24) is 0 Å². The van der Waals surface area contributed by atoms with Gasteiger partial charge in [0.1, 0.15) is 0 Å². The highest BCUT2D eigenvalue weighted by Gasteiger charge is 2.26. The van der Waals surface area contributed by atoms with Crippen molar-refractivity contribution in [2.24, 2.45) is 0 Å². The number of anilines is 2. The van der Waals surface area contributed by atoms with E-state index in [2.05, 4.69) is 10.2 Å². The van der Waals surface area contributed by atoms with Crippen LogP contribution in [0.5, 0.6) is 0 Å². The van der Waals surface area contributed by atoms with E-state index >= 15 is 0 Å². The molecular weight excluding hydrogens is 378 g/mol. The first kappa shape index (κ1) is 19.2. The fraction of sp³-hybridized carbons (Fsp3) is 0.278. The topological polar surface area (TPSA) is 75.7 Å². The van der Waals surface area contributed by atoms with Crippen LogP contribution in [0.15, 0.2) is 53.4 Å². The summed E-state index contributed by atoms with van der Waals surface area (Å²) in [5.41, 5.74) is 1.62. The summed E-state index contributed by atoms with van der Waals surface area (Å²) in [6.45, 7) is 2.60. The van der Waals surface area contributed by atoms with Crippen molar-refractivity contribution in [2.75, 3.05) is 36.5 Å². The van der Waals surface area contributed by atoms with E-state index in [4.69, 9.17) is 4.74 Å². The Kier molecular flexibility index (Phi) is 5.71. The first-order chi connectivity index (χ1) is 12.9. The van der Waals surface area contributed by atoms with Crippen LogP contribution in [0.1, 0.15) is 10.4 Å². The lowest BCUT2D eigenvalue weighted by molar-refractivity contribution is 0.102. The van der Waals surface area contributed by atoms with E-state index in [1.807, 2.05) is 12.1 Å². The van der Waals surface area contributed by atoms with Crippen molar-refractivity contribution in [3.05, 3.63) is 54.1 Å². The van der Waals surface area contributed by atoms with E-state index in [9.17, 15) is 22.0 Å². The average Bonchev–Trinajstić information content (AvgIpc) is 2.69. The van der Waals surface area contributed by atoms with Crippen molar-refractivity contribution in [3.63, 3.8) is 0 Å². The molecule has 0 radical (unpaired) electrons. The molecule has 9 heteroatoms. The molecule has 2 aromatic rings. The van der Waals surface area contributed by atoms with Gasteiger partial charge in [0.15, 0.2) is 0 Å². The lowest BCUT2D eigenvalue weighted by Crippen LogP contribution is -2.36. The fourth-order valence-electron chi connectivity index (χ4n) is 2.75. The molecule has 3 rings (SSSR count). The summed E-state index contributed by atoms with van der Waals surface area (Å²) in [6.07, 6.45) is 0. The van der Waals surface area contributed by atoms with Crippen molar-refractivity contribution in [1.29, 1.82) is 0 Å². The summed E-state index contributed by atoms with van der Waals surface area (Å²) >= 11 is 0. The molecule has 0 atom stereocenters. The average molecular weight is 396 g/mol. The second kappa shape index (κ2) is 8.01. The number of alkyl halides is 2. The number of rotatable bonds is 5. The van der Waals surface area contributed by atoms with Crippen molar-refractivity contribution < 1.29 is 26.7 Å². The van der Waals surface area contributed by atoms with Crippen molar-refractivity contribution in [2.45, 2.75) is 10.7 Å². The summed E-state index contributed by atoms with van der Waals surface area (Å²) in [5, 5.41) is 2.79. The summed E-state index contributed by atoms with van der Waals surface area (Å²) in [6, 6.07) is 11.7. The van der Waals surface area contributed by atoms with Crippen molar-refractivity contribution in [3.8, 4) is 0 Å². The molecule has 1 saturated heterocycles. The van der Waals surface area contributed by atoms with Gasteiger partial charge in [-0.1, -0.05) is 12.1 Å². The molecule has 1 aliphatic rings. The van der Waals surface area contributed by atoms with E-state index < -0.39 is 26.4 Å². The number of benzene rings is 2. The molecule has 1 N–H and O–H groups in total. The van der Waals surface area contributed by atoms with Gasteiger partial charge in [0, 0.05) is 18.7 Å². The summed E-state index contributed by atoms with van der Waals surface area (Å²) in [5.74, 6) is -3.96. The van der Waals surface area contributed by atoms with Gasteiger partial charge in [-0.15, -0.1) is 0 Å². The zero-order valence-corrected chi connectivity index (χ0v) is 15.1. The molecule has 144 valence electrons. The number of nitrogens with one attached hydrogen (secondary N) is 1. The Hall–Kier alpha value is -2.52. The molecular formula is C18H18F2N2O4S. The Morgan fingerprint density at radius 3 is 2.30 bits per heavy atom. The van der Waals surface area contributed by atoms with Gasteiger partial charge >= 0.3 is 5.76 Å². The Balaban J connectivity index is 1.78. The highest BCUT2D eigenvalue weighted by molar-refractivity contribution is 7.91. The third kappa shape index (κ3) is 4.25. The summed E-state index contributed by atoms with van der Waals surface area (Å²) in [7, 11) is -4.68. The Morgan fingerprint density at radius 1 is 1.04 bits per heavy atom. The Morgan fingerprint density at radius 2 is 1.67 bits per heavy atom. The molecule has 0 aromatic heterocycles. The Labute approximate surface area is 155 Å². The van der Waals surface area contributed by atoms with Crippen LogP contribution in [0.25, 0.3) is 0 Å². The van der Waals surface area contributed by atoms with E-state index in [1.165, 1.54) is 12.1 Å². The molecule has 2 aromatic carbocycles. The first-order valence-electron chi connectivity index (χ1n) is 8.25. The number of morpholine rings is 1. The minimum atomic E-state index is -4.68. The predicted octanol–water partition coefficient (Wildman–Crippen LogP) is 2.77. The maximum atomic E-state index is 12.6. The van der Waals surface area contributed by atoms with Gasteiger partial charge in [-0.25, -0.2) is 8.42 Å². The molecule has 0 unspecified atom stereocenters. The third-order valence-corrected chi connectivity index (χ3v) is 5.58. The molecule has 0 aliphatic carbocycles. The number of hydrogen-bond acceptors (Lipinski definition) is 5. The minimum Gasteiger partial charge on any atom is -0.378 e. The van der Waals surface area contributed by atoms with E-state index in [-0.39, 0.29) is 5.56 Å². The number of sulfone groups is 1. The minimum absolute atomic E-state index is 0.167. The molecule has 1 heterocycles. The number of nitrogens with zero attached hydrogens (tertiary/aromatic N) is 1. The molecule has 0 saturated carbocycles. The van der Waals surface area contributed by atoms with Gasteiger partial charge in [-0.2, -0.15) is 8.78 Å². The number of hydrogen-bond donors (Lipinski definition) is 1. The van der Waals surface area contributed by atoms with Crippen LogP contribution in [0, 0.1) is 0 Å². The Bertz CT molecular complexity index is 911. The maximum Gasteiger partial charge on any atom is 0.341 e. The lowest BCUT2D eigenvalue weighted by Gasteiger charge is -2.30. The van der Waals surface area contributed by atoms with E-state index in [0.717, 1.165) is 17.8 Å². The lowest BCUT2D eigenvalue weighted by atomic mass is 10.2.